The highest BCUT2D eigenvalue weighted by molar-refractivity contribution is 5.99. The molecule has 0 unspecified atom stereocenters. The van der Waals surface area contributed by atoms with Gasteiger partial charge in [-0.3, -0.25) is 18.5 Å². The van der Waals surface area contributed by atoms with Gasteiger partial charge in [0.2, 0.25) is 5.95 Å². The number of benzene rings is 3. The lowest BCUT2D eigenvalue weighted by Gasteiger charge is -2.11. The Balaban J connectivity index is 1.66. The number of aryl methyl sites for hydroxylation is 1. The first-order chi connectivity index (χ1) is 17.5. The molecule has 0 saturated carbocycles. The van der Waals surface area contributed by atoms with Crippen molar-refractivity contribution >= 4 is 22.8 Å². The Morgan fingerprint density at radius 3 is 1.92 bits per heavy atom. The fourth-order valence-corrected chi connectivity index (χ4v) is 4.16. The van der Waals surface area contributed by atoms with Gasteiger partial charge >= 0.3 is 5.69 Å². The third-order valence-corrected chi connectivity index (χ3v) is 6.11. The van der Waals surface area contributed by atoms with Crippen LogP contribution in [0.5, 0.6) is 0 Å². The molecule has 2 heterocycles. The van der Waals surface area contributed by atoms with Gasteiger partial charge in [-0.25, -0.2) is 10.2 Å². The second kappa shape index (κ2) is 9.87. The summed E-state index contributed by atoms with van der Waals surface area (Å²) < 4.78 is 4.46. The zero-order valence-electron chi connectivity index (χ0n) is 20.1. The first kappa shape index (κ1) is 23.0. The summed E-state index contributed by atoms with van der Waals surface area (Å²) in [5.74, 6) is 0.383. The number of hydrazone groups is 1. The van der Waals surface area contributed by atoms with Crippen molar-refractivity contribution in [2.45, 2.75) is 20.0 Å². The molecule has 0 spiro atoms. The minimum absolute atomic E-state index is 0.173. The SMILES string of the molecule is C/C(=N/Nc1nc2c(c(=O)n(Cc3ccccc3)c(=O)n2C)n1Cc1ccccc1)c1ccccc1. The fraction of sp³-hybridized carbons (Fsp3) is 0.143. The average Bonchev–Trinajstić information content (AvgIpc) is 3.28. The molecule has 5 rings (SSSR count). The van der Waals surface area contributed by atoms with E-state index in [0.29, 0.717) is 23.7 Å². The number of nitrogens with one attached hydrogen (secondary N) is 1. The molecular formula is C28H26N6O2. The number of aromatic nitrogens is 4. The van der Waals surface area contributed by atoms with Crippen molar-refractivity contribution in [3.05, 3.63) is 129 Å². The summed E-state index contributed by atoms with van der Waals surface area (Å²) in [6.07, 6.45) is 0. The highest BCUT2D eigenvalue weighted by Crippen LogP contribution is 2.18. The Kier molecular flexibility index (Phi) is 6.32. The van der Waals surface area contributed by atoms with E-state index in [2.05, 4.69) is 15.5 Å². The second-order valence-electron chi connectivity index (χ2n) is 8.57. The molecule has 0 aliphatic rings. The topological polar surface area (TPSA) is 86.2 Å². The molecule has 8 heteroatoms. The fourth-order valence-electron chi connectivity index (χ4n) is 4.16. The van der Waals surface area contributed by atoms with Gasteiger partial charge in [-0.1, -0.05) is 91.0 Å². The molecule has 0 fully saturated rings. The van der Waals surface area contributed by atoms with Crippen molar-refractivity contribution in [2.75, 3.05) is 5.43 Å². The van der Waals surface area contributed by atoms with E-state index in [1.165, 1.54) is 9.13 Å². The standard InChI is InChI=1S/C28H26N6O2/c1-20(23-16-10-5-11-17-23)30-31-27-29-25-24(33(27)18-21-12-6-3-7-13-21)26(35)34(28(36)32(25)2)19-22-14-8-4-9-15-22/h3-17H,18-19H2,1-2H3,(H,29,31)/b30-20-. The first-order valence-corrected chi connectivity index (χ1v) is 11.7. The van der Waals surface area contributed by atoms with E-state index in [9.17, 15) is 9.59 Å². The van der Waals surface area contributed by atoms with E-state index < -0.39 is 11.2 Å². The van der Waals surface area contributed by atoms with Crippen LogP contribution in [0.25, 0.3) is 11.2 Å². The van der Waals surface area contributed by atoms with Gasteiger partial charge in [0.15, 0.2) is 11.2 Å². The average molecular weight is 479 g/mol. The number of nitrogens with zero attached hydrogens (tertiary/aromatic N) is 5. The molecule has 0 aliphatic heterocycles. The molecule has 5 aromatic rings. The molecule has 180 valence electrons. The van der Waals surface area contributed by atoms with Gasteiger partial charge in [-0.15, -0.1) is 0 Å². The number of fused-ring (bicyclic) bond motifs is 1. The predicted molar refractivity (Wildman–Crippen MR) is 143 cm³/mol. The molecule has 0 radical (unpaired) electrons. The van der Waals surface area contributed by atoms with Gasteiger partial charge in [-0.2, -0.15) is 10.1 Å². The summed E-state index contributed by atoms with van der Waals surface area (Å²) in [5.41, 5.74) is 6.47. The monoisotopic (exact) mass is 478 g/mol. The molecule has 0 bridgehead atoms. The van der Waals surface area contributed by atoms with Crippen molar-refractivity contribution in [1.82, 2.24) is 18.7 Å². The zero-order valence-corrected chi connectivity index (χ0v) is 20.1. The van der Waals surface area contributed by atoms with Gasteiger partial charge < -0.3 is 0 Å². The summed E-state index contributed by atoms with van der Waals surface area (Å²) in [4.78, 5) is 31.5. The van der Waals surface area contributed by atoms with Crippen molar-refractivity contribution in [3.63, 3.8) is 0 Å². The Bertz CT molecular complexity index is 1650. The Hall–Kier alpha value is -4.72. The first-order valence-electron chi connectivity index (χ1n) is 11.7. The van der Waals surface area contributed by atoms with Crippen molar-refractivity contribution in [1.29, 1.82) is 0 Å². The predicted octanol–water partition coefficient (Wildman–Crippen LogP) is 3.83. The van der Waals surface area contributed by atoms with Crippen LogP contribution < -0.4 is 16.7 Å². The van der Waals surface area contributed by atoms with E-state index in [4.69, 9.17) is 0 Å². The molecule has 0 atom stereocenters. The molecule has 0 saturated heterocycles. The highest BCUT2D eigenvalue weighted by atomic mass is 16.2. The van der Waals surface area contributed by atoms with E-state index >= 15 is 0 Å². The van der Waals surface area contributed by atoms with E-state index in [1.807, 2.05) is 97.9 Å². The molecule has 2 aromatic heterocycles. The van der Waals surface area contributed by atoms with Crippen LogP contribution in [-0.2, 0) is 20.1 Å². The second-order valence-corrected chi connectivity index (χ2v) is 8.57. The van der Waals surface area contributed by atoms with Gasteiger partial charge in [0.1, 0.15) is 0 Å². The van der Waals surface area contributed by atoms with Gasteiger partial charge in [0.25, 0.3) is 5.56 Å². The molecular weight excluding hydrogens is 452 g/mol. The van der Waals surface area contributed by atoms with Crippen LogP contribution in [0, 0.1) is 0 Å². The lowest BCUT2D eigenvalue weighted by molar-refractivity contribution is 0.653. The number of hydrogen-bond acceptors (Lipinski definition) is 5. The maximum Gasteiger partial charge on any atom is 0.332 e. The Morgan fingerprint density at radius 1 is 0.806 bits per heavy atom. The molecule has 36 heavy (non-hydrogen) atoms. The van der Waals surface area contributed by atoms with E-state index in [-0.39, 0.29) is 6.54 Å². The lowest BCUT2D eigenvalue weighted by Crippen LogP contribution is -2.40. The third-order valence-electron chi connectivity index (χ3n) is 6.11. The maximum absolute atomic E-state index is 13.7. The smallest absolute Gasteiger partial charge is 0.298 e. The van der Waals surface area contributed by atoms with Crippen LogP contribution in [0.1, 0.15) is 23.6 Å². The largest absolute Gasteiger partial charge is 0.332 e. The minimum atomic E-state index is -0.420. The van der Waals surface area contributed by atoms with Gasteiger partial charge in [-0.05, 0) is 23.6 Å². The van der Waals surface area contributed by atoms with Crippen molar-refractivity contribution in [2.24, 2.45) is 12.1 Å². The Morgan fingerprint density at radius 2 is 1.33 bits per heavy atom. The van der Waals surface area contributed by atoms with Crippen molar-refractivity contribution < 1.29 is 0 Å². The van der Waals surface area contributed by atoms with Crippen LogP contribution in [-0.4, -0.2) is 24.4 Å². The van der Waals surface area contributed by atoms with Crippen LogP contribution in [0.3, 0.4) is 0 Å². The summed E-state index contributed by atoms with van der Waals surface area (Å²) in [6, 6.07) is 29.1. The van der Waals surface area contributed by atoms with Crippen LogP contribution in [0.4, 0.5) is 5.95 Å². The summed E-state index contributed by atoms with van der Waals surface area (Å²) >= 11 is 0. The molecule has 0 amide bonds. The van der Waals surface area contributed by atoms with Crippen LogP contribution in [0.15, 0.2) is 106 Å². The number of imidazole rings is 1. The molecule has 1 N–H and O–H groups in total. The zero-order chi connectivity index (χ0) is 25.1. The number of hydrogen-bond donors (Lipinski definition) is 1. The van der Waals surface area contributed by atoms with Gasteiger partial charge in [0.05, 0.1) is 18.8 Å². The summed E-state index contributed by atoms with van der Waals surface area (Å²) in [5, 5.41) is 4.52. The summed E-state index contributed by atoms with van der Waals surface area (Å²) in [6.45, 7) is 2.46. The Labute approximate surface area is 207 Å². The number of anilines is 1. The number of rotatable bonds is 7. The molecule has 8 nitrogen and oxygen atoms in total. The minimum Gasteiger partial charge on any atom is -0.298 e. The van der Waals surface area contributed by atoms with E-state index in [1.54, 1.807) is 11.6 Å². The van der Waals surface area contributed by atoms with Crippen LogP contribution in [0.2, 0.25) is 0 Å². The van der Waals surface area contributed by atoms with Crippen LogP contribution >= 0.6 is 0 Å². The van der Waals surface area contributed by atoms with E-state index in [0.717, 1.165) is 22.4 Å². The molecule has 0 aliphatic carbocycles. The quantitative estimate of drug-likeness (QED) is 0.285. The lowest BCUT2D eigenvalue weighted by atomic mass is 10.1. The third kappa shape index (κ3) is 4.48. The summed E-state index contributed by atoms with van der Waals surface area (Å²) in [7, 11) is 1.63. The molecule has 3 aromatic carbocycles. The van der Waals surface area contributed by atoms with Crippen molar-refractivity contribution in [3.8, 4) is 0 Å². The highest BCUT2D eigenvalue weighted by Gasteiger charge is 2.21. The van der Waals surface area contributed by atoms with Gasteiger partial charge in [0, 0.05) is 7.05 Å². The maximum atomic E-state index is 13.7. The normalized spacial score (nSPS) is 11.7.